The molecular weight excluding hydrogens is 286 g/mol. The molecule has 0 radical (unpaired) electrons. The van der Waals surface area contributed by atoms with Gasteiger partial charge in [-0.05, 0) is 43.2 Å². The molecule has 0 aliphatic carbocycles. The molecule has 5 heteroatoms. The Morgan fingerprint density at radius 1 is 1.29 bits per heavy atom. The molecule has 0 saturated heterocycles. The maximum absolute atomic E-state index is 12.3. The minimum atomic E-state index is -0.204. The summed E-state index contributed by atoms with van der Waals surface area (Å²) in [5.41, 5.74) is 2.19. The van der Waals surface area contributed by atoms with Crippen LogP contribution in [0.4, 0.5) is 11.5 Å². The van der Waals surface area contributed by atoms with Crippen LogP contribution in [0.1, 0.15) is 29.3 Å². The molecule has 0 fully saturated rings. The average Bonchev–Trinajstić information content (AvgIpc) is 2.49. The fourth-order valence-electron chi connectivity index (χ4n) is 1.85. The van der Waals surface area contributed by atoms with E-state index >= 15 is 0 Å². The fourth-order valence-corrected chi connectivity index (χ4v) is 2.02. The Hall–Kier alpha value is -2.07. The smallest absolute Gasteiger partial charge is 0.255 e. The van der Waals surface area contributed by atoms with Crippen molar-refractivity contribution in [3.05, 3.63) is 52.7 Å². The number of nitrogens with one attached hydrogen (secondary N) is 2. The number of pyridine rings is 1. The Morgan fingerprint density at radius 2 is 2.10 bits per heavy atom. The predicted octanol–water partition coefficient (Wildman–Crippen LogP) is 4.12. The molecule has 1 amide bonds. The van der Waals surface area contributed by atoms with Crippen LogP contribution >= 0.6 is 11.6 Å². The largest absolute Gasteiger partial charge is 0.370 e. The highest BCUT2D eigenvalue weighted by Gasteiger charge is 2.09. The van der Waals surface area contributed by atoms with Crippen LogP contribution in [-0.2, 0) is 0 Å². The molecule has 21 heavy (non-hydrogen) atoms. The van der Waals surface area contributed by atoms with E-state index in [4.69, 9.17) is 11.6 Å². The molecule has 2 rings (SSSR count). The summed E-state index contributed by atoms with van der Waals surface area (Å²) in [6.45, 7) is 4.84. The molecule has 110 valence electrons. The van der Waals surface area contributed by atoms with Gasteiger partial charge in [-0.15, -0.1) is 0 Å². The first-order valence-electron chi connectivity index (χ1n) is 6.87. The summed E-state index contributed by atoms with van der Waals surface area (Å²) in [7, 11) is 0. The van der Waals surface area contributed by atoms with E-state index in [2.05, 4.69) is 22.5 Å². The molecule has 0 bridgehead atoms. The quantitative estimate of drug-likeness (QED) is 0.873. The third-order valence-electron chi connectivity index (χ3n) is 2.95. The molecule has 0 aliphatic heterocycles. The molecule has 4 nitrogen and oxygen atoms in total. The van der Waals surface area contributed by atoms with Crippen molar-refractivity contribution in [1.29, 1.82) is 0 Å². The molecule has 0 saturated carbocycles. The number of aromatic nitrogens is 1. The lowest BCUT2D eigenvalue weighted by Crippen LogP contribution is -2.13. The number of benzene rings is 1. The van der Waals surface area contributed by atoms with E-state index in [1.807, 2.05) is 19.1 Å². The van der Waals surface area contributed by atoms with E-state index in [-0.39, 0.29) is 5.91 Å². The van der Waals surface area contributed by atoms with E-state index in [0.29, 0.717) is 22.1 Å². The first-order chi connectivity index (χ1) is 10.1. The van der Waals surface area contributed by atoms with Gasteiger partial charge < -0.3 is 10.6 Å². The number of carbonyl (C=O) groups is 1. The van der Waals surface area contributed by atoms with Crippen LogP contribution in [0, 0.1) is 6.92 Å². The van der Waals surface area contributed by atoms with Crippen molar-refractivity contribution in [2.45, 2.75) is 20.3 Å². The third-order valence-corrected chi connectivity index (χ3v) is 3.28. The second kappa shape index (κ2) is 7.09. The van der Waals surface area contributed by atoms with E-state index in [1.165, 1.54) is 0 Å². The Morgan fingerprint density at radius 3 is 2.86 bits per heavy atom. The van der Waals surface area contributed by atoms with Gasteiger partial charge in [0.2, 0.25) is 0 Å². The van der Waals surface area contributed by atoms with Crippen molar-refractivity contribution in [3.63, 3.8) is 0 Å². The molecule has 0 unspecified atom stereocenters. The van der Waals surface area contributed by atoms with Crippen LogP contribution in [0.2, 0.25) is 5.02 Å². The summed E-state index contributed by atoms with van der Waals surface area (Å²) in [6.07, 6.45) is 2.61. The van der Waals surface area contributed by atoms with Gasteiger partial charge in [-0.3, -0.25) is 4.79 Å². The lowest BCUT2D eigenvalue weighted by atomic mass is 10.2. The van der Waals surface area contributed by atoms with Crippen molar-refractivity contribution in [2.24, 2.45) is 0 Å². The normalized spacial score (nSPS) is 10.2. The number of aryl methyl sites for hydroxylation is 1. The van der Waals surface area contributed by atoms with E-state index in [1.54, 1.807) is 24.4 Å². The molecule has 2 N–H and O–H groups in total. The monoisotopic (exact) mass is 303 g/mol. The van der Waals surface area contributed by atoms with Crippen LogP contribution in [0.25, 0.3) is 0 Å². The van der Waals surface area contributed by atoms with E-state index in [9.17, 15) is 4.79 Å². The number of amides is 1. The van der Waals surface area contributed by atoms with Gasteiger partial charge in [0.1, 0.15) is 5.82 Å². The van der Waals surface area contributed by atoms with Crippen molar-refractivity contribution in [2.75, 3.05) is 17.2 Å². The van der Waals surface area contributed by atoms with Gasteiger partial charge in [0.15, 0.2) is 0 Å². The van der Waals surface area contributed by atoms with Gasteiger partial charge >= 0.3 is 0 Å². The average molecular weight is 304 g/mol. The minimum Gasteiger partial charge on any atom is -0.370 e. The topological polar surface area (TPSA) is 54.0 Å². The summed E-state index contributed by atoms with van der Waals surface area (Å²) in [5.74, 6) is 0.490. The molecular formula is C16H18ClN3O. The summed E-state index contributed by atoms with van der Waals surface area (Å²) < 4.78 is 0. The Balaban J connectivity index is 2.14. The van der Waals surface area contributed by atoms with Crippen LogP contribution in [0.5, 0.6) is 0 Å². The Kier molecular flexibility index (Phi) is 5.17. The number of hydrogen-bond donors (Lipinski definition) is 2. The Bertz CT molecular complexity index is 643. The number of nitrogens with zero attached hydrogens (tertiary/aromatic N) is 1. The van der Waals surface area contributed by atoms with E-state index in [0.717, 1.165) is 18.5 Å². The zero-order chi connectivity index (χ0) is 15.2. The molecule has 0 aliphatic rings. The zero-order valence-electron chi connectivity index (χ0n) is 12.1. The molecule has 2 aromatic rings. The Labute approximate surface area is 129 Å². The standard InChI is InChI=1S/C16H18ClN3O/c1-3-7-18-15-10-12(6-8-19-15)16(21)20-14-9-11(2)4-5-13(14)17/h4-6,8-10H,3,7H2,1-2H3,(H,18,19)(H,20,21). The first-order valence-corrected chi connectivity index (χ1v) is 7.25. The van der Waals surface area contributed by atoms with E-state index < -0.39 is 0 Å². The summed E-state index contributed by atoms with van der Waals surface area (Å²) in [5, 5.41) is 6.50. The predicted molar refractivity (Wildman–Crippen MR) is 87.2 cm³/mol. The van der Waals surface area contributed by atoms with Gasteiger partial charge in [0, 0.05) is 18.3 Å². The molecule has 1 aromatic carbocycles. The van der Waals surface area contributed by atoms with Gasteiger partial charge in [0.05, 0.1) is 10.7 Å². The van der Waals surface area contributed by atoms with Gasteiger partial charge in [-0.25, -0.2) is 4.98 Å². The van der Waals surface area contributed by atoms with Crippen molar-refractivity contribution in [1.82, 2.24) is 4.98 Å². The number of anilines is 2. The lowest BCUT2D eigenvalue weighted by molar-refractivity contribution is 0.102. The van der Waals surface area contributed by atoms with Crippen LogP contribution < -0.4 is 10.6 Å². The third kappa shape index (κ3) is 4.20. The second-order valence-corrected chi connectivity index (χ2v) is 5.20. The number of halogens is 1. The number of hydrogen-bond acceptors (Lipinski definition) is 3. The number of rotatable bonds is 5. The summed E-state index contributed by atoms with van der Waals surface area (Å²) in [4.78, 5) is 16.5. The van der Waals surface area contributed by atoms with Gasteiger partial charge in [-0.1, -0.05) is 24.6 Å². The van der Waals surface area contributed by atoms with Crippen molar-refractivity contribution < 1.29 is 4.79 Å². The van der Waals surface area contributed by atoms with Gasteiger partial charge in [-0.2, -0.15) is 0 Å². The van der Waals surface area contributed by atoms with Crippen molar-refractivity contribution in [3.8, 4) is 0 Å². The summed E-state index contributed by atoms with van der Waals surface area (Å²) >= 11 is 6.09. The summed E-state index contributed by atoms with van der Waals surface area (Å²) in [6, 6.07) is 8.92. The van der Waals surface area contributed by atoms with Crippen LogP contribution in [-0.4, -0.2) is 17.4 Å². The maximum atomic E-state index is 12.3. The minimum absolute atomic E-state index is 0.204. The molecule has 1 aromatic heterocycles. The zero-order valence-corrected chi connectivity index (χ0v) is 12.9. The van der Waals surface area contributed by atoms with Gasteiger partial charge in [0.25, 0.3) is 5.91 Å². The molecule has 0 spiro atoms. The molecule has 0 atom stereocenters. The highest BCUT2D eigenvalue weighted by Crippen LogP contribution is 2.23. The first kappa shape index (κ1) is 15.3. The maximum Gasteiger partial charge on any atom is 0.255 e. The highest BCUT2D eigenvalue weighted by molar-refractivity contribution is 6.34. The SMILES string of the molecule is CCCNc1cc(C(=O)Nc2cc(C)ccc2Cl)ccn1. The lowest BCUT2D eigenvalue weighted by Gasteiger charge is -2.09. The fraction of sp³-hybridized carbons (Fsp3) is 0.250. The molecule has 1 heterocycles. The number of carbonyl (C=O) groups excluding carboxylic acids is 1. The second-order valence-electron chi connectivity index (χ2n) is 4.79. The van der Waals surface area contributed by atoms with Crippen LogP contribution in [0.3, 0.4) is 0 Å². The highest BCUT2D eigenvalue weighted by atomic mass is 35.5. The van der Waals surface area contributed by atoms with Crippen LogP contribution in [0.15, 0.2) is 36.5 Å². The van der Waals surface area contributed by atoms with Crippen molar-refractivity contribution >= 4 is 29.0 Å².